The van der Waals surface area contributed by atoms with Gasteiger partial charge in [-0.3, -0.25) is 0 Å². The number of benzene rings is 3. The van der Waals surface area contributed by atoms with Crippen LogP contribution < -0.4 is 4.18 Å². The molecule has 3 aromatic carbocycles. The van der Waals surface area contributed by atoms with E-state index in [0.717, 1.165) is 21.5 Å². The molecule has 18 heavy (non-hydrogen) atoms. The second-order valence-electron chi connectivity index (χ2n) is 3.96. The van der Waals surface area contributed by atoms with Gasteiger partial charge >= 0.3 is 0 Å². The molecule has 4 heteroatoms. The Balaban J connectivity index is 2.32. The van der Waals surface area contributed by atoms with Gasteiger partial charge in [0.15, 0.2) is 0 Å². The molecule has 0 fully saturated rings. The van der Waals surface area contributed by atoms with Crippen LogP contribution in [0.4, 0.5) is 0 Å². The van der Waals surface area contributed by atoms with Crippen molar-refractivity contribution in [2.24, 2.45) is 0 Å². The van der Waals surface area contributed by atoms with E-state index in [4.69, 9.17) is 4.18 Å². The monoisotopic (exact) mass is 257 g/mol. The zero-order valence-electron chi connectivity index (χ0n) is 9.33. The van der Waals surface area contributed by atoms with Gasteiger partial charge in [-0.2, -0.15) is 0 Å². The maximum Gasteiger partial charge on any atom is 0.147 e. The third kappa shape index (κ3) is 1.96. The molecular formula is C14H9O3S-. The zero-order valence-corrected chi connectivity index (χ0v) is 10.1. The average Bonchev–Trinajstić information content (AvgIpc) is 2.36. The summed E-state index contributed by atoms with van der Waals surface area (Å²) in [6.07, 6.45) is 0. The predicted octanol–water partition coefficient (Wildman–Crippen LogP) is 3.17. The summed E-state index contributed by atoms with van der Waals surface area (Å²) in [5, 5.41) is 3.92. The summed E-state index contributed by atoms with van der Waals surface area (Å²) in [7, 11) is 0. The molecular weight excluding hydrogens is 248 g/mol. The van der Waals surface area contributed by atoms with Crippen molar-refractivity contribution in [2.45, 2.75) is 0 Å². The highest BCUT2D eigenvalue weighted by Crippen LogP contribution is 2.30. The molecule has 0 aromatic heterocycles. The number of hydrogen-bond acceptors (Lipinski definition) is 3. The van der Waals surface area contributed by atoms with E-state index in [0.29, 0.717) is 5.75 Å². The fraction of sp³-hybridized carbons (Fsp3) is 0. The SMILES string of the molecule is O=S([O-])Oc1cccc2cc3ccccc3cc12. The summed E-state index contributed by atoms with van der Waals surface area (Å²) in [5.41, 5.74) is 0. The van der Waals surface area contributed by atoms with Crippen molar-refractivity contribution in [1.82, 2.24) is 0 Å². The Morgan fingerprint density at radius 2 is 1.56 bits per heavy atom. The molecule has 0 aliphatic rings. The second-order valence-corrected chi connectivity index (χ2v) is 4.54. The van der Waals surface area contributed by atoms with Crippen LogP contribution in [0.15, 0.2) is 54.6 Å². The molecule has 3 aromatic rings. The molecule has 1 atom stereocenters. The van der Waals surface area contributed by atoms with E-state index < -0.39 is 11.4 Å². The minimum absolute atomic E-state index is 0.353. The van der Waals surface area contributed by atoms with Crippen LogP contribution in [0, 0.1) is 0 Å². The number of fused-ring (bicyclic) bond motifs is 2. The Morgan fingerprint density at radius 3 is 2.28 bits per heavy atom. The zero-order chi connectivity index (χ0) is 12.5. The number of hydrogen-bond donors (Lipinski definition) is 0. The molecule has 0 heterocycles. The van der Waals surface area contributed by atoms with E-state index in [1.165, 1.54) is 0 Å². The molecule has 0 spiro atoms. The first-order valence-corrected chi connectivity index (χ1v) is 6.43. The molecule has 1 unspecified atom stereocenters. The summed E-state index contributed by atoms with van der Waals surface area (Å²) in [6, 6.07) is 17.2. The van der Waals surface area contributed by atoms with E-state index in [9.17, 15) is 8.76 Å². The van der Waals surface area contributed by atoms with Crippen LogP contribution in [-0.4, -0.2) is 8.76 Å². The Kier molecular flexibility index (Phi) is 2.74. The molecule has 0 aliphatic carbocycles. The van der Waals surface area contributed by atoms with Gasteiger partial charge in [-0.15, -0.1) is 0 Å². The highest BCUT2D eigenvalue weighted by atomic mass is 32.2. The van der Waals surface area contributed by atoms with Crippen LogP contribution in [0.3, 0.4) is 0 Å². The van der Waals surface area contributed by atoms with Crippen LogP contribution in [0.1, 0.15) is 0 Å². The maximum atomic E-state index is 10.7. The van der Waals surface area contributed by atoms with Gasteiger partial charge in [0.1, 0.15) is 17.1 Å². The summed E-state index contributed by atoms with van der Waals surface area (Å²) in [5.74, 6) is 0.353. The molecule has 0 bridgehead atoms. The van der Waals surface area contributed by atoms with Crippen LogP contribution in [0.2, 0.25) is 0 Å². The fourth-order valence-electron chi connectivity index (χ4n) is 2.08. The van der Waals surface area contributed by atoms with Crippen LogP contribution in [-0.2, 0) is 11.4 Å². The van der Waals surface area contributed by atoms with Crippen LogP contribution in [0.5, 0.6) is 5.75 Å². The van der Waals surface area contributed by atoms with E-state index in [-0.39, 0.29) is 0 Å². The fourth-order valence-corrected chi connectivity index (χ4v) is 2.38. The summed E-state index contributed by atoms with van der Waals surface area (Å²) >= 11 is -2.56. The largest absolute Gasteiger partial charge is 0.740 e. The van der Waals surface area contributed by atoms with Crippen molar-refractivity contribution in [1.29, 1.82) is 0 Å². The lowest BCUT2D eigenvalue weighted by atomic mass is 10.0. The average molecular weight is 257 g/mol. The van der Waals surface area contributed by atoms with Gasteiger partial charge in [-0.05, 0) is 34.4 Å². The quantitative estimate of drug-likeness (QED) is 0.523. The van der Waals surface area contributed by atoms with Gasteiger partial charge in [0, 0.05) is 5.39 Å². The summed E-state index contributed by atoms with van der Waals surface area (Å²) < 4.78 is 26.1. The first-order chi connectivity index (χ1) is 8.74. The van der Waals surface area contributed by atoms with Crippen molar-refractivity contribution < 1.29 is 12.9 Å². The lowest BCUT2D eigenvalue weighted by molar-refractivity contribution is 0.442. The van der Waals surface area contributed by atoms with Crippen LogP contribution >= 0.6 is 0 Å². The highest BCUT2D eigenvalue weighted by molar-refractivity contribution is 7.74. The topological polar surface area (TPSA) is 49.4 Å². The van der Waals surface area contributed by atoms with Gasteiger partial charge in [-0.25, -0.2) is 4.21 Å². The molecule has 0 saturated heterocycles. The van der Waals surface area contributed by atoms with Crippen molar-refractivity contribution >= 4 is 32.9 Å². The van der Waals surface area contributed by atoms with Crippen molar-refractivity contribution in [2.75, 3.05) is 0 Å². The second kappa shape index (κ2) is 4.40. The Morgan fingerprint density at radius 1 is 0.889 bits per heavy atom. The van der Waals surface area contributed by atoms with Crippen LogP contribution in [0.25, 0.3) is 21.5 Å². The minimum Gasteiger partial charge on any atom is -0.740 e. The molecule has 0 saturated carbocycles. The van der Waals surface area contributed by atoms with Gasteiger partial charge in [-0.1, -0.05) is 36.4 Å². The summed E-state index contributed by atoms with van der Waals surface area (Å²) in [6.45, 7) is 0. The van der Waals surface area contributed by atoms with Crippen molar-refractivity contribution in [3.63, 3.8) is 0 Å². The van der Waals surface area contributed by atoms with E-state index in [1.807, 2.05) is 42.5 Å². The third-order valence-corrected chi connectivity index (χ3v) is 3.18. The van der Waals surface area contributed by atoms with E-state index in [2.05, 4.69) is 0 Å². The molecule has 3 rings (SSSR count). The molecule has 0 amide bonds. The molecule has 3 nitrogen and oxygen atoms in total. The third-order valence-electron chi connectivity index (χ3n) is 2.86. The Bertz CT molecular complexity index is 752. The lowest BCUT2D eigenvalue weighted by Gasteiger charge is -2.10. The normalized spacial score (nSPS) is 12.7. The van der Waals surface area contributed by atoms with Crippen molar-refractivity contribution in [3.8, 4) is 5.75 Å². The van der Waals surface area contributed by atoms with Gasteiger partial charge in [0.25, 0.3) is 0 Å². The standard InChI is InChI=1S/C14H10O3S/c15-18(16)17-14-7-3-6-12-8-10-4-1-2-5-11(10)9-13(12)14/h1-9H,(H,15,16)/p-1. The van der Waals surface area contributed by atoms with Gasteiger partial charge in [0.2, 0.25) is 0 Å². The van der Waals surface area contributed by atoms with Gasteiger partial charge in [0.05, 0.1) is 0 Å². The molecule has 0 radical (unpaired) electrons. The van der Waals surface area contributed by atoms with E-state index in [1.54, 1.807) is 12.1 Å². The Hall–Kier alpha value is -1.91. The predicted molar refractivity (Wildman–Crippen MR) is 71.0 cm³/mol. The maximum absolute atomic E-state index is 10.7. The summed E-state index contributed by atoms with van der Waals surface area (Å²) in [4.78, 5) is 0. The first-order valence-electron chi connectivity index (χ1n) is 5.43. The smallest absolute Gasteiger partial charge is 0.147 e. The molecule has 90 valence electrons. The first kappa shape index (κ1) is 11.2. The molecule has 0 N–H and O–H groups in total. The van der Waals surface area contributed by atoms with Crippen molar-refractivity contribution in [3.05, 3.63) is 54.6 Å². The minimum atomic E-state index is -2.56. The molecule has 0 aliphatic heterocycles. The lowest BCUT2D eigenvalue weighted by Crippen LogP contribution is -1.98. The number of rotatable bonds is 2. The Labute approximate surface area is 106 Å². The van der Waals surface area contributed by atoms with E-state index >= 15 is 0 Å². The van der Waals surface area contributed by atoms with Gasteiger partial charge < -0.3 is 8.74 Å². The highest BCUT2D eigenvalue weighted by Gasteiger charge is 2.04.